The van der Waals surface area contributed by atoms with Crippen LogP contribution in [0, 0.1) is 0 Å². The van der Waals surface area contributed by atoms with Gasteiger partial charge in [-0.15, -0.1) is 5.10 Å². The first-order chi connectivity index (χ1) is 17.1. The molecule has 0 fully saturated rings. The zero-order valence-electron chi connectivity index (χ0n) is 18.9. The van der Waals surface area contributed by atoms with Gasteiger partial charge in [0.25, 0.3) is 0 Å². The van der Waals surface area contributed by atoms with Crippen molar-refractivity contribution in [1.82, 2.24) is 29.4 Å². The molecule has 0 spiro atoms. The van der Waals surface area contributed by atoms with Gasteiger partial charge in [0, 0.05) is 36.9 Å². The Morgan fingerprint density at radius 1 is 1.26 bits per heavy atom. The van der Waals surface area contributed by atoms with Gasteiger partial charge in [0.15, 0.2) is 11.5 Å². The fraction of sp³-hybridized carbons (Fsp3) is 0.208. The zero-order valence-corrected chi connectivity index (χ0v) is 18.9. The number of nitrogens with zero attached hydrogens (tertiary/aromatic N) is 6. The number of aliphatic carboxylic acids is 1. The lowest BCUT2D eigenvalue weighted by molar-refractivity contribution is -0.134. The highest BCUT2D eigenvalue weighted by Gasteiger charge is 2.21. The van der Waals surface area contributed by atoms with E-state index in [0.29, 0.717) is 28.3 Å². The molecule has 6 rings (SSSR count). The Balaban J connectivity index is 1.57. The molecule has 0 bridgehead atoms. The van der Waals surface area contributed by atoms with E-state index in [-0.39, 0.29) is 6.54 Å². The summed E-state index contributed by atoms with van der Waals surface area (Å²) in [6.45, 7) is 0.656. The van der Waals surface area contributed by atoms with Gasteiger partial charge in [-0.2, -0.15) is 5.10 Å². The topological polar surface area (TPSA) is 131 Å². The standard InChI is InChI=1S/C24H22N8O3/c1-35-21-10-17-14(4-2-5-25-17)8-20(21)32-19-9-18(15-12-29-31-7-3-6-26-24(15)31)27-11-16(19)23(30-32)28-13-22(33)34/h3,6-12,25H,2,4-5,13H2,1H3,(H,28,30)(H,33,34). The van der Waals surface area contributed by atoms with Crippen LogP contribution < -0.4 is 15.4 Å². The van der Waals surface area contributed by atoms with Crippen LogP contribution in [0.25, 0.3) is 33.5 Å². The van der Waals surface area contributed by atoms with Crippen molar-refractivity contribution in [2.45, 2.75) is 12.8 Å². The zero-order chi connectivity index (χ0) is 23.9. The Kier molecular flexibility index (Phi) is 4.94. The smallest absolute Gasteiger partial charge is 0.322 e. The molecule has 0 radical (unpaired) electrons. The van der Waals surface area contributed by atoms with Crippen molar-refractivity contribution in [3.63, 3.8) is 0 Å². The number of aryl methyl sites for hydroxylation is 1. The van der Waals surface area contributed by atoms with E-state index >= 15 is 0 Å². The van der Waals surface area contributed by atoms with Crippen LogP contribution in [0.2, 0.25) is 0 Å². The minimum atomic E-state index is -0.979. The summed E-state index contributed by atoms with van der Waals surface area (Å²) in [4.78, 5) is 20.3. The van der Waals surface area contributed by atoms with Crippen molar-refractivity contribution in [2.24, 2.45) is 0 Å². The molecule has 0 aliphatic carbocycles. The van der Waals surface area contributed by atoms with Crippen molar-refractivity contribution < 1.29 is 14.6 Å². The summed E-state index contributed by atoms with van der Waals surface area (Å²) < 4.78 is 9.20. The lowest BCUT2D eigenvalue weighted by Crippen LogP contribution is -2.14. The molecule has 1 aliphatic heterocycles. The number of methoxy groups -OCH3 is 1. The van der Waals surface area contributed by atoms with E-state index in [1.807, 2.05) is 24.4 Å². The Bertz CT molecular complexity index is 1590. The molecule has 0 amide bonds. The molecule has 35 heavy (non-hydrogen) atoms. The van der Waals surface area contributed by atoms with E-state index in [2.05, 4.69) is 31.8 Å². The number of carboxylic acid groups (broad SMARTS) is 1. The van der Waals surface area contributed by atoms with E-state index in [9.17, 15) is 9.90 Å². The molecule has 0 unspecified atom stereocenters. The predicted octanol–water partition coefficient (Wildman–Crippen LogP) is 2.99. The molecule has 1 aliphatic rings. The molecule has 5 aromatic rings. The van der Waals surface area contributed by atoms with Crippen LogP contribution in [0.5, 0.6) is 5.75 Å². The second kappa shape index (κ2) is 8.28. The van der Waals surface area contributed by atoms with Gasteiger partial charge in [0.2, 0.25) is 0 Å². The summed E-state index contributed by atoms with van der Waals surface area (Å²) in [5, 5.41) is 25.3. The van der Waals surface area contributed by atoms with Crippen molar-refractivity contribution in [3.8, 4) is 22.7 Å². The maximum absolute atomic E-state index is 11.2. The molecule has 5 heterocycles. The van der Waals surface area contributed by atoms with Crippen LogP contribution in [0.3, 0.4) is 0 Å². The van der Waals surface area contributed by atoms with Crippen LogP contribution in [0.1, 0.15) is 12.0 Å². The lowest BCUT2D eigenvalue weighted by atomic mass is 10.0. The summed E-state index contributed by atoms with van der Waals surface area (Å²) in [7, 11) is 1.63. The number of hydrogen-bond donors (Lipinski definition) is 3. The molecule has 11 nitrogen and oxygen atoms in total. The Hall–Kier alpha value is -4.67. The second-order valence-corrected chi connectivity index (χ2v) is 8.25. The molecule has 176 valence electrons. The number of carbonyl (C=O) groups is 1. The number of hydrogen-bond acceptors (Lipinski definition) is 8. The highest BCUT2D eigenvalue weighted by Crippen LogP contribution is 2.36. The minimum absolute atomic E-state index is 0.267. The molecule has 0 saturated heterocycles. The summed E-state index contributed by atoms with van der Waals surface area (Å²) >= 11 is 0. The Morgan fingerprint density at radius 2 is 2.17 bits per heavy atom. The third-order valence-electron chi connectivity index (χ3n) is 6.10. The van der Waals surface area contributed by atoms with Crippen molar-refractivity contribution in [2.75, 3.05) is 30.8 Å². The predicted molar refractivity (Wildman–Crippen MR) is 130 cm³/mol. The van der Waals surface area contributed by atoms with Crippen LogP contribution in [-0.4, -0.2) is 60.6 Å². The maximum atomic E-state index is 11.2. The van der Waals surface area contributed by atoms with Gasteiger partial charge in [-0.05, 0) is 36.6 Å². The van der Waals surface area contributed by atoms with Crippen molar-refractivity contribution in [1.29, 1.82) is 0 Å². The summed E-state index contributed by atoms with van der Waals surface area (Å²) in [5.74, 6) is 0.104. The fourth-order valence-corrected chi connectivity index (χ4v) is 4.45. The van der Waals surface area contributed by atoms with E-state index in [1.54, 1.807) is 34.9 Å². The molecular formula is C24H22N8O3. The number of rotatable bonds is 6. The van der Waals surface area contributed by atoms with Gasteiger partial charge in [-0.3, -0.25) is 9.78 Å². The minimum Gasteiger partial charge on any atom is -0.494 e. The number of fused-ring (bicyclic) bond motifs is 3. The molecule has 0 saturated carbocycles. The number of anilines is 2. The third kappa shape index (κ3) is 3.57. The molecule has 3 N–H and O–H groups in total. The first-order valence-electron chi connectivity index (χ1n) is 11.2. The number of ether oxygens (including phenoxy) is 1. The average Bonchev–Trinajstić information content (AvgIpc) is 3.48. The van der Waals surface area contributed by atoms with Crippen LogP contribution in [0.15, 0.2) is 49.1 Å². The monoisotopic (exact) mass is 470 g/mol. The highest BCUT2D eigenvalue weighted by atomic mass is 16.5. The van der Waals surface area contributed by atoms with Gasteiger partial charge < -0.3 is 20.5 Å². The van der Waals surface area contributed by atoms with Crippen LogP contribution in [-0.2, 0) is 11.2 Å². The number of nitrogens with one attached hydrogen (secondary N) is 2. The van der Waals surface area contributed by atoms with E-state index in [0.717, 1.165) is 41.8 Å². The van der Waals surface area contributed by atoms with Gasteiger partial charge in [0.05, 0.1) is 35.5 Å². The van der Waals surface area contributed by atoms with E-state index in [4.69, 9.17) is 9.84 Å². The van der Waals surface area contributed by atoms with E-state index < -0.39 is 5.97 Å². The van der Waals surface area contributed by atoms with Gasteiger partial charge in [0.1, 0.15) is 18.0 Å². The lowest BCUT2D eigenvalue weighted by Gasteiger charge is -2.21. The number of benzene rings is 1. The van der Waals surface area contributed by atoms with Gasteiger partial charge in [-0.1, -0.05) is 0 Å². The molecular weight excluding hydrogens is 448 g/mol. The van der Waals surface area contributed by atoms with Gasteiger partial charge >= 0.3 is 5.97 Å². The molecule has 4 aromatic heterocycles. The summed E-state index contributed by atoms with van der Waals surface area (Å²) in [5.41, 5.74) is 5.89. The van der Waals surface area contributed by atoms with Crippen LogP contribution >= 0.6 is 0 Å². The third-order valence-corrected chi connectivity index (χ3v) is 6.10. The Morgan fingerprint density at radius 3 is 3.03 bits per heavy atom. The quantitative estimate of drug-likeness (QED) is 0.343. The van der Waals surface area contributed by atoms with E-state index in [1.165, 1.54) is 5.56 Å². The molecule has 11 heteroatoms. The van der Waals surface area contributed by atoms with Crippen molar-refractivity contribution >= 4 is 34.0 Å². The first-order valence-corrected chi connectivity index (χ1v) is 11.2. The van der Waals surface area contributed by atoms with Crippen molar-refractivity contribution in [3.05, 3.63) is 54.6 Å². The molecule has 1 aromatic carbocycles. The average molecular weight is 470 g/mol. The van der Waals surface area contributed by atoms with Crippen LogP contribution in [0.4, 0.5) is 11.5 Å². The molecule has 0 atom stereocenters. The largest absolute Gasteiger partial charge is 0.494 e. The first kappa shape index (κ1) is 20.9. The SMILES string of the molecule is COc1cc2c(cc1-n1nc(NCC(=O)O)c3cnc(-c4cnn5cccnc45)cc31)CCCN2. The Labute approximate surface area is 199 Å². The second-order valence-electron chi connectivity index (χ2n) is 8.25. The number of aromatic nitrogens is 6. The van der Waals surface area contributed by atoms with Gasteiger partial charge in [-0.25, -0.2) is 14.2 Å². The number of carboxylic acids is 1. The maximum Gasteiger partial charge on any atom is 0.322 e. The normalized spacial score (nSPS) is 12.9. The summed E-state index contributed by atoms with van der Waals surface area (Å²) in [6, 6.07) is 7.79. The summed E-state index contributed by atoms with van der Waals surface area (Å²) in [6.07, 6.45) is 8.95. The highest BCUT2D eigenvalue weighted by molar-refractivity contribution is 5.94. The number of pyridine rings is 1. The fourth-order valence-electron chi connectivity index (χ4n) is 4.45.